The Hall–Kier alpha value is -2.51. The lowest BCUT2D eigenvalue weighted by Crippen LogP contribution is -2.50. The van der Waals surface area contributed by atoms with Crippen molar-refractivity contribution in [1.29, 1.82) is 0 Å². The average Bonchev–Trinajstić information content (AvgIpc) is 2.76. The van der Waals surface area contributed by atoms with Crippen molar-refractivity contribution < 1.29 is 14.6 Å². The smallest absolute Gasteiger partial charge is 0.259 e. The molecule has 0 aromatic carbocycles. The molecule has 0 aliphatic carbocycles. The number of carbonyl (C=O) groups excluding carboxylic acids is 1. The summed E-state index contributed by atoms with van der Waals surface area (Å²) in [5.74, 6) is 0.274. The van der Waals surface area contributed by atoms with Crippen LogP contribution in [0.2, 0.25) is 0 Å². The van der Waals surface area contributed by atoms with Crippen LogP contribution in [-0.4, -0.2) is 76.2 Å². The Bertz CT molecular complexity index is 846. The monoisotopic (exact) mass is 412 g/mol. The lowest BCUT2D eigenvalue weighted by atomic mass is 9.99. The van der Waals surface area contributed by atoms with Crippen LogP contribution in [-0.2, 0) is 0 Å². The standard InChI is InChI=1S/C23H32N4O3/c1-5-9-26(4)14-21-16(2)13-27(17(3)15-28)23(29)20-10-19(12-25-22(20)30-21)18-7-6-8-24-11-18/h6-8,10-12,16-17,21,28H,5,9,13-15H2,1-4H3/t16-,17+,21-/m1/s1. The Balaban J connectivity index is 2.01. The van der Waals surface area contributed by atoms with Gasteiger partial charge in [-0.25, -0.2) is 4.98 Å². The van der Waals surface area contributed by atoms with Crippen molar-refractivity contribution in [3.63, 3.8) is 0 Å². The summed E-state index contributed by atoms with van der Waals surface area (Å²) >= 11 is 0. The average molecular weight is 413 g/mol. The number of hydrogen-bond acceptors (Lipinski definition) is 6. The first-order chi connectivity index (χ1) is 14.4. The number of likely N-dealkylation sites (N-methyl/N-ethyl adjacent to an activating group) is 1. The number of amides is 1. The van der Waals surface area contributed by atoms with E-state index in [-0.39, 0.29) is 30.6 Å². The van der Waals surface area contributed by atoms with Gasteiger partial charge in [-0.1, -0.05) is 19.9 Å². The molecule has 0 saturated carbocycles. The van der Waals surface area contributed by atoms with E-state index in [1.165, 1.54) is 0 Å². The first kappa shape index (κ1) is 22.2. The number of pyridine rings is 2. The quantitative estimate of drug-likeness (QED) is 0.753. The molecule has 1 N–H and O–H groups in total. The number of fused-ring (bicyclic) bond motifs is 1. The van der Waals surface area contributed by atoms with Crippen molar-refractivity contribution >= 4 is 5.91 Å². The van der Waals surface area contributed by atoms with Crippen LogP contribution in [0.15, 0.2) is 36.8 Å². The summed E-state index contributed by atoms with van der Waals surface area (Å²) in [6.07, 6.45) is 6.13. The van der Waals surface area contributed by atoms with Crippen molar-refractivity contribution in [3.05, 3.63) is 42.4 Å². The first-order valence-corrected chi connectivity index (χ1v) is 10.6. The number of carbonyl (C=O) groups is 1. The Morgan fingerprint density at radius 2 is 2.17 bits per heavy atom. The Labute approximate surface area is 178 Å². The molecule has 0 radical (unpaired) electrons. The molecule has 7 heteroatoms. The summed E-state index contributed by atoms with van der Waals surface area (Å²) in [6, 6.07) is 5.32. The van der Waals surface area contributed by atoms with Crippen LogP contribution in [0.3, 0.4) is 0 Å². The van der Waals surface area contributed by atoms with E-state index in [1.54, 1.807) is 23.5 Å². The third-order valence-corrected chi connectivity index (χ3v) is 5.61. The maximum Gasteiger partial charge on any atom is 0.259 e. The van der Waals surface area contributed by atoms with Crippen molar-refractivity contribution in [2.45, 2.75) is 39.3 Å². The Kier molecular flexibility index (Phi) is 7.39. The van der Waals surface area contributed by atoms with Gasteiger partial charge in [-0.3, -0.25) is 9.78 Å². The lowest BCUT2D eigenvalue weighted by Gasteiger charge is -2.37. The Morgan fingerprint density at radius 3 is 2.83 bits per heavy atom. The number of aliphatic hydroxyl groups excluding tert-OH is 1. The summed E-state index contributed by atoms with van der Waals surface area (Å²) in [5.41, 5.74) is 2.12. The van der Waals surface area contributed by atoms with Gasteiger partial charge in [0.05, 0.1) is 12.6 Å². The molecule has 3 rings (SSSR count). The summed E-state index contributed by atoms with van der Waals surface area (Å²) in [4.78, 5) is 26.1. The maximum atomic E-state index is 13.4. The van der Waals surface area contributed by atoms with Gasteiger partial charge < -0.3 is 19.6 Å². The molecule has 1 aliphatic rings. The molecule has 0 bridgehead atoms. The number of hydrogen-bond donors (Lipinski definition) is 1. The van der Waals surface area contributed by atoms with Gasteiger partial charge in [0.2, 0.25) is 5.88 Å². The Morgan fingerprint density at radius 1 is 1.37 bits per heavy atom. The fraction of sp³-hybridized carbons (Fsp3) is 0.522. The van der Waals surface area contributed by atoms with Gasteiger partial charge in [-0.15, -0.1) is 0 Å². The molecule has 3 heterocycles. The van der Waals surface area contributed by atoms with Gasteiger partial charge >= 0.3 is 0 Å². The molecule has 2 aromatic heterocycles. The van der Waals surface area contributed by atoms with Crippen molar-refractivity contribution in [3.8, 4) is 17.0 Å². The van der Waals surface area contributed by atoms with Crippen molar-refractivity contribution in [2.75, 3.05) is 33.3 Å². The van der Waals surface area contributed by atoms with Gasteiger partial charge in [-0.2, -0.15) is 0 Å². The highest BCUT2D eigenvalue weighted by Crippen LogP contribution is 2.30. The molecule has 7 nitrogen and oxygen atoms in total. The topological polar surface area (TPSA) is 78.8 Å². The molecule has 1 aliphatic heterocycles. The van der Waals surface area contributed by atoms with E-state index in [1.807, 2.05) is 25.1 Å². The number of rotatable bonds is 7. The summed E-state index contributed by atoms with van der Waals surface area (Å²) in [7, 11) is 2.08. The van der Waals surface area contributed by atoms with Gasteiger partial charge in [-0.05, 0) is 39.1 Å². The molecule has 2 aromatic rings. The number of aromatic nitrogens is 2. The predicted molar refractivity (Wildman–Crippen MR) is 116 cm³/mol. The van der Waals surface area contributed by atoms with E-state index in [4.69, 9.17) is 4.74 Å². The minimum Gasteiger partial charge on any atom is -0.472 e. The molecule has 0 saturated heterocycles. The minimum absolute atomic E-state index is 0.0925. The highest BCUT2D eigenvalue weighted by molar-refractivity contribution is 5.98. The molecule has 0 spiro atoms. The fourth-order valence-electron chi connectivity index (χ4n) is 3.79. The van der Waals surface area contributed by atoms with E-state index in [9.17, 15) is 9.90 Å². The van der Waals surface area contributed by atoms with Crippen LogP contribution in [0, 0.1) is 5.92 Å². The van der Waals surface area contributed by atoms with E-state index in [2.05, 4.69) is 35.8 Å². The van der Waals surface area contributed by atoms with Crippen LogP contribution in [0.4, 0.5) is 0 Å². The van der Waals surface area contributed by atoms with Gasteiger partial charge in [0.25, 0.3) is 5.91 Å². The van der Waals surface area contributed by atoms with Gasteiger partial charge in [0.15, 0.2) is 0 Å². The van der Waals surface area contributed by atoms with Crippen LogP contribution in [0.1, 0.15) is 37.6 Å². The highest BCUT2D eigenvalue weighted by atomic mass is 16.5. The second-order valence-corrected chi connectivity index (χ2v) is 8.20. The molecule has 30 heavy (non-hydrogen) atoms. The van der Waals surface area contributed by atoms with Crippen molar-refractivity contribution in [2.24, 2.45) is 5.92 Å². The zero-order valence-corrected chi connectivity index (χ0v) is 18.3. The number of ether oxygens (including phenoxy) is 1. The van der Waals surface area contributed by atoms with Crippen LogP contribution < -0.4 is 4.74 Å². The van der Waals surface area contributed by atoms with Crippen LogP contribution in [0.5, 0.6) is 5.88 Å². The van der Waals surface area contributed by atoms with Gasteiger partial charge in [0.1, 0.15) is 11.7 Å². The second-order valence-electron chi connectivity index (χ2n) is 8.20. The predicted octanol–water partition coefficient (Wildman–Crippen LogP) is 2.71. The fourth-order valence-corrected chi connectivity index (χ4v) is 3.79. The number of aliphatic hydroxyl groups is 1. The van der Waals surface area contributed by atoms with Crippen molar-refractivity contribution in [1.82, 2.24) is 19.8 Å². The molecule has 3 atom stereocenters. The zero-order valence-electron chi connectivity index (χ0n) is 18.3. The minimum atomic E-state index is -0.290. The third kappa shape index (κ3) is 4.96. The third-order valence-electron chi connectivity index (χ3n) is 5.61. The van der Waals surface area contributed by atoms with E-state index in [0.29, 0.717) is 18.0 Å². The van der Waals surface area contributed by atoms with E-state index in [0.717, 1.165) is 30.6 Å². The molecule has 162 valence electrons. The maximum absolute atomic E-state index is 13.4. The molecule has 0 fully saturated rings. The van der Waals surface area contributed by atoms with Crippen LogP contribution >= 0.6 is 0 Å². The second kappa shape index (κ2) is 10.00. The lowest BCUT2D eigenvalue weighted by molar-refractivity contribution is 0.0331. The molecular formula is C23H32N4O3. The van der Waals surface area contributed by atoms with Crippen LogP contribution in [0.25, 0.3) is 11.1 Å². The molecular weight excluding hydrogens is 380 g/mol. The zero-order chi connectivity index (χ0) is 21.7. The molecule has 1 amide bonds. The summed E-state index contributed by atoms with van der Waals surface area (Å²) in [5, 5.41) is 9.76. The number of nitrogens with zero attached hydrogens (tertiary/aromatic N) is 4. The van der Waals surface area contributed by atoms with Gasteiger partial charge in [0, 0.05) is 48.7 Å². The largest absolute Gasteiger partial charge is 0.472 e. The SMILES string of the molecule is CCCN(C)C[C@H]1Oc2ncc(-c3cccnc3)cc2C(=O)N([C@@H](C)CO)C[C@H]1C. The normalized spacial score (nSPS) is 20.3. The summed E-state index contributed by atoms with van der Waals surface area (Å²) < 4.78 is 6.31. The highest BCUT2D eigenvalue weighted by Gasteiger charge is 2.34. The summed E-state index contributed by atoms with van der Waals surface area (Å²) in [6.45, 7) is 8.25. The van der Waals surface area contributed by atoms with E-state index >= 15 is 0 Å². The first-order valence-electron chi connectivity index (χ1n) is 10.6. The van der Waals surface area contributed by atoms with E-state index < -0.39 is 0 Å². The molecule has 0 unspecified atom stereocenters.